The number of hydrogen-bond acceptors (Lipinski definition) is 4. The van der Waals surface area contributed by atoms with Crippen molar-refractivity contribution in [2.75, 3.05) is 6.54 Å². The third-order valence-corrected chi connectivity index (χ3v) is 4.60. The predicted octanol–water partition coefficient (Wildman–Crippen LogP) is 2.57. The molecule has 0 bridgehead atoms. The van der Waals surface area contributed by atoms with Crippen molar-refractivity contribution < 1.29 is 31.1 Å². The van der Waals surface area contributed by atoms with Gasteiger partial charge >= 0.3 is 6.18 Å². The molecule has 0 aromatic carbocycles. The molecule has 2 N–H and O–H groups in total. The van der Waals surface area contributed by atoms with Crippen LogP contribution >= 0.6 is 0 Å². The first-order valence-electron chi connectivity index (χ1n) is 8.47. The number of nitrogens with zero attached hydrogens (tertiary/aromatic N) is 4. The molecule has 154 valence electrons. The average molecular weight is 409 g/mol. The standard InChI is InChI=1S/C16H17F6N5O/c17-10-6-12(19)11(18)4-8(10)3-9(23)5-14(28)26-1-2-27-13(7-26)24-25-15(27)16(20,21)22/h4,9,12H,1-3,5-7,23H2. The van der Waals surface area contributed by atoms with E-state index in [9.17, 15) is 31.1 Å². The molecule has 2 aliphatic rings. The molecule has 0 spiro atoms. The summed E-state index contributed by atoms with van der Waals surface area (Å²) in [5.74, 6) is -3.49. The van der Waals surface area contributed by atoms with Crippen LogP contribution in [0.1, 0.15) is 30.9 Å². The molecule has 6 nitrogen and oxygen atoms in total. The van der Waals surface area contributed by atoms with Crippen molar-refractivity contribution in [3.63, 3.8) is 0 Å². The van der Waals surface area contributed by atoms with Crippen molar-refractivity contribution in [3.05, 3.63) is 35.0 Å². The molecule has 0 saturated carbocycles. The Balaban J connectivity index is 1.60. The predicted molar refractivity (Wildman–Crippen MR) is 84.5 cm³/mol. The van der Waals surface area contributed by atoms with Gasteiger partial charge in [-0.2, -0.15) is 13.2 Å². The van der Waals surface area contributed by atoms with Gasteiger partial charge in [0.1, 0.15) is 11.7 Å². The summed E-state index contributed by atoms with van der Waals surface area (Å²) in [5.41, 5.74) is 5.74. The summed E-state index contributed by atoms with van der Waals surface area (Å²) in [4.78, 5) is 13.6. The van der Waals surface area contributed by atoms with E-state index in [1.54, 1.807) is 0 Å². The molecule has 0 radical (unpaired) electrons. The summed E-state index contributed by atoms with van der Waals surface area (Å²) < 4.78 is 79.6. The lowest BCUT2D eigenvalue weighted by Gasteiger charge is -2.29. The number of allylic oxidation sites excluding steroid dienone is 3. The van der Waals surface area contributed by atoms with E-state index in [4.69, 9.17) is 5.73 Å². The molecular formula is C16H17F6N5O. The highest BCUT2D eigenvalue weighted by Crippen LogP contribution is 2.31. The second kappa shape index (κ2) is 7.57. The molecule has 0 fully saturated rings. The lowest BCUT2D eigenvalue weighted by Crippen LogP contribution is -2.41. The number of carbonyl (C=O) groups is 1. The maximum absolute atomic E-state index is 13.8. The van der Waals surface area contributed by atoms with Gasteiger partial charge in [-0.3, -0.25) is 4.79 Å². The first-order valence-corrected chi connectivity index (χ1v) is 8.47. The molecule has 2 unspecified atom stereocenters. The second-order valence-electron chi connectivity index (χ2n) is 6.70. The van der Waals surface area contributed by atoms with Crippen LogP contribution in [0.3, 0.4) is 0 Å². The monoisotopic (exact) mass is 409 g/mol. The van der Waals surface area contributed by atoms with Crippen molar-refractivity contribution in [1.29, 1.82) is 0 Å². The zero-order valence-electron chi connectivity index (χ0n) is 14.5. The van der Waals surface area contributed by atoms with Crippen LogP contribution < -0.4 is 5.73 Å². The summed E-state index contributed by atoms with van der Waals surface area (Å²) in [6.45, 7) is -0.275. The van der Waals surface area contributed by atoms with Crippen LogP contribution in [0.5, 0.6) is 0 Å². The van der Waals surface area contributed by atoms with E-state index in [1.165, 1.54) is 4.90 Å². The fourth-order valence-electron chi connectivity index (χ4n) is 3.18. The second-order valence-corrected chi connectivity index (χ2v) is 6.70. The van der Waals surface area contributed by atoms with Crippen LogP contribution in [-0.2, 0) is 24.1 Å². The molecule has 0 saturated heterocycles. The van der Waals surface area contributed by atoms with Gasteiger partial charge in [0.2, 0.25) is 11.7 Å². The number of carbonyl (C=O) groups excluding carboxylic acids is 1. The van der Waals surface area contributed by atoms with Crippen LogP contribution in [-0.4, -0.2) is 44.3 Å². The molecule has 12 heteroatoms. The minimum absolute atomic E-state index is 0.000483. The molecule has 1 aliphatic carbocycles. The first kappa shape index (κ1) is 20.4. The summed E-state index contributed by atoms with van der Waals surface area (Å²) in [5, 5.41) is 6.61. The third-order valence-electron chi connectivity index (χ3n) is 4.60. The van der Waals surface area contributed by atoms with Gasteiger partial charge in [0, 0.05) is 32.0 Å². The number of rotatable bonds is 4. The Labute approximate surface area is 155 Å². The molecule has 2 heterocycles. The highest BCUT2D eigenvalue weighted by atomic mass is 19.4. The Bertz CT molecular complexity index is 830. The molecule has 1 amide bonds. The Morgan fingerprint density at radius 3 is 2.68 bits per heavy atom. The fraction of sp³-hybridized carbons (Fsp3) is 0.562. The van der Waals surface area contributed by atoms with E-state index in [-0.39, 0.29) is 43.9 Å². The topological polar surface area (TPSA) is 77.0 Å². The normalized spacial score (nSPS) is 21.5. The smallest absolute Gasteiger partial charge is 0.333 e. The Morgan fingerprint density at radius 2 is 2.00 bits per heavy atom. The minimum Gasteiger partial charge on any atom is -0.333 e. The zero-order chi connectivity index (χ0) is 20.6. The Hall–Kier alpha value is -2.37. The quantitative estimate of drug-likeness (QED) is 0.776. The number of halogens is 6. The summed E-state index contributed by atoms with van der Waals surface area (Å²) >= 11 is 0. The number of alkyl halides is 4. The number of fused-ring (bicyclic) bond motifs is 1. The largest absolute Gasteiger partial charge is 0.451 e. The number of nitrogens with two attached hydrogens (primary N) is 1. The van der Waals surface area contributed by atoms with Crippen LogP contribution in [0.4, 0.5) is 26.3 Å². The summed E-state index contributed by atoms with van der Waals surface area (Å²) in [6.07, 6.45) is -7.02. The van der Waals surface area contributed by atoms with Gasteiger partial charge in [-0.25, -0.2) is 13.2 Å². The van der Waals surface area contributed by atoms with E-state index in [0.29, 0.717) is 0 Å². The van der Waals surface area contributed by atoms with E-state index < -0.39 is 48.2 Å². The van der Waals surface area contributed by atoms with Gasteiger partial charge in [0.05, 0.1) is 6.54 Å². The van der Waals surface area contributed by atoms with Gasteiger partial charge in [-0.05, 0) is 18.1 Å². The Morgan fingerprint density at radius 1 is 1.29 bits per heavy atom. The molecule has 1 aromatic rings. The van der Waals surface area contributed by atoms with Crippen LogP contribution in [0.25, 0.3) is 0 Å². The Kier molecular flexibility index (Phi) is 5.50. The number of aromatic nitrogens is 3. The van der Waals surface area contributed by atoms with Crippen molar-refractivity contribution >= 4 is 5.91 Å². The molecule has 1 aliphatic heterocycles. The maximum Gasteiger partial charge on any atom is 0.451 e. The molecule has 1 aromatic heterocycles. The highest BCUT2D eigenvalue weighted by Gasteiger charge is 2.40. The SMILES string of the molecule is NC(CC(=O)N1CCn2c(nnc2C(F)(F)F)C1)CC1=C(F)CC(F)C(F)=C1. The fourth-order valence-corrected chi connectivity index (χ4v) is 3.18. The lowest BCUT2D eigenvalue weighted by atomic mass is 9.96. The maximum atomic E-state index is 13.8. The molecular weight excluding hydrogens is 392 g/mol. The minimum atomic E-state index is -4.64. The first-order chi connectivity index (χ1) is 13.1. The summed E-state index contributed by atoms with van der Waals surface area (Å²) in [7, 11) is 0. The molecule has 3 rings (SSSR count). The van der Waals surface area contributed by atoms with Crippen molar-refractivity contribution in [2.24, 2.45) is 5.73 Å². The van der Waals surface area contributed by atoms with Crippen molar-refractivity contribution in [1.82, 2.24) is 19.7 Å². The van der Waals surface area contributed by atoms with Gasteiger partial charge in [0.15, 0.2) is 12.0 Å². The van der Waals surface area contributed by atoms with Gasteiger partial charge in [-0.15, -0.1) is 10.2 Å². The third kappa shape index (κ3) is 4.21. The molecule has 2 atom stereocenters. The van der Waals surface area contributed by atoms with Gasteiger partial charge < -0.3 is 15.2 Å². The van der Waals surface area contributed by atoms with E-state index in [1.807, 2.05) is 0 Å². The number of amides is 1. The zero-order valence-corrected chi connectivity index (χ0v) is 14.5. The van der Waals surface area contributed by atoms with E-state index in [2.05, 4.69) is 10.2 Å². The van der Waals surface area contributed by atoms with E-state index in [0.717, 1.165) is 10.6 Å². The number of hydrogen-bond donors (Lipinski definition) is 1. The summed E-state index contributed by atoms with van der Waals surface area (Å²) in [6, 6.07) is -0.862. The molecule has 28 heavy (non-hydrogen) atoms. The average Bonchev–Trinajstić information content (AvgIpc) is 3.03. The van der Waals surface area contributed by atoms with Crippen LogP contribution in [0, 0.1) is 0 Å². The van der Waals surface area contributed by atoms with Crippen molar-refractivity contribution in [2.45, 2.75) is 50.7 Å². The van der Waals surface area contributed by atoms with Gasteiger partial charge in [-0.1, -0.05) is 0 Å². The van der Waals surface area contributed by atoms with E-state index >= 15 is 0 Å². The van der Waals surface area contributed by atoms with Crippen LogP contribution in [0.2, 0.25) is 0 Å². The van der Waals surface area contributed by atoms with Crippen LogP contribution in [0.15, 0.2) is 23.3 Å². The van der Waals surface area contributed by atoms with Crippen molar-refractivity contribution in [3.8, 4) is 0 Å². The lowest BCUT2D eigenvalue weighted by molar-refractivity contribution is -0.148. The highest BCUT2D eigenvalue weighted by molar-refractivity contribution is 5.77. The van der Waals surface area contributed by atoms with Gasteiger partial charge in [0.25, 0.3) is 0 Å².